The molecule has 1 aromatic carbocycles. The van der Waals surface area contributed by atoms with Gasteiger partial charge in [0.1, 0.15) is 0 Å². The third kappa shape index (κ3) is 3.69. The number of aromatic nitrogens is 2. The Morgan fingerprint density at radius 2 is 1.83 bits per heavy atom. The minimum Gasteiger partial charge on any atom is -0.349 e. The maximum atomic E-state index is 13.3. The predicted molar refractivity (Wildman–Crippen MR) is 123 cm³/mol. The quantitative estimate of drug-likeness (QED) is 0.794. The first kappa shape index (κ1) is 20.1. The van der Waals surface area contributed by atoms with Crippen LogP contribution in [-0.4, -0.2) is 57.3 Å². The Hall–Kier alpha value is -1.79. The Morgan fingerprint density at radius 3 is 2.57 bits per heavy atom. The van der Waals surface area contributed by atoms with E-state index in [0.29, 0.717) is 5.69 Å². The van der Waals surface area contributed by atoms with Crippen molar-refractivity contribution in [3.8, 4) is 5.69 Å². The molecule has 3 aliphatic rings. The number of hydrogen-bond donors (Lipinski definition) is 1. The van der Waals surface area contributed by atoms with Gasteiger partial charge in [-0.15, -0.1) is 0 Å². The molecule has 1 saturated heterocycles. The first-order valence-electron chi connectivity index (χ1n) is 11.5. The Morgan fingerprint density at radius 1 is 1.10 bits per heavy atom. The van der Waals surface area contributed by atoms with E-state index in [1.54, 1.807) is 0 Å². The van der Waals surface area contributed by atoms with Crippen molar-refractivity contribution in [3.05, 3.63) is 46.8 Å². The summed E-state index contributed by atoms with van der Waals surface area (Å²) < 4.78 is 2.00. The number of rotatable bonds is 5. The van der Waals surface area contributed by atoms with E-state index in [0.717, 1.165) is 50.1 Å². The number of benzene rings is 1. The molecule has 1 aromatic heterocycles. The zero-order chi connectivity index (χ0) is 20.6. The molecule has 0 unspecified atom stereocenters. The van der Waals surface area contributed by atoms with Crippen LogP contribution in [0.3, 0.4) is 0 Å². The normalized spacial score (nSPS) is 21.0. The minimum atomic E-state index is 0.0108. The van der Waals surface area contributed by atoms with Crippen molar-refractivity contribution in [1.82, 2.24) is 20.0 Å². The Labute approximate surface area is 183 Å². The molecular weight excluding hydrogens is 392 g/mol. The lowest BCUT2D eigenvalue weighted by Crippen LogP contribution is -2.56. The number of thioether (sulfide) groups is 1. The zero-order valence-electron chi connectivity index (χ0n) is 18.0. The molecule has 2 aliphatic carbocycles. The standard InChI is InChI=1S/C24H32N4OS/c1-18-7-9-19(10-8-18)28-21-6-4-5-20(21)22(26-28)23(29)25-17-24(11-2-3-12-24)27-13-15-30-16-14-27/h7-10H,2-6,11-17H2,1H3,(H,25,29). The molecule has 0 atom stereocenters. The van der Waals surface area contributed by atoms with Crippen LogP contribution >= 0.6 is 11.8 Å². The van der Waals surface area contributed by atoms with Crippen molar-refractivity contribution < 1.29 is 4.79 Å². The number of hydrogen-bond acceptors (Lipinski definition) is 4. The van der Waals surface area contributed by atoms with Gasteiger partial charge < -0.3 is 5.32 Å². The van der Waals surface area contributed by atoms with Crippen LogP contribution in [0.5, 0.6) is 0 Å². The molecule has 1 amide bonds. The van der Waals surface area contributed by atoms with Crippen LogP contribution in [0, 0.1) is 6.92 Å². The number of fused-ring (bicyclic) bond motifs is 1. The maximum absolute atomic E-state index is 13.3. The molecule has 5 nitrogen and oxygen atoms in total. The van der Waals surface area contributed by atoms with Crippen molar-refractivity contribution >= 4 is 17.7 Å². The molecule has 1 aliphatic heterocycles. The van der Waals surface area contributed by atoms with Crippen LogP contribution in [0.2, 0.25) is 0 Å². The second-order valence-electron chi connectivity index (χ2n) is 9.09. The van der Waals surface area contributed by atoms with Crippen molar-refractivity contribution in [3.63, 3.8) is 0 Å². The van der Waals surface area contributed by atoms with Crippen molar-refractivity contribution in [2.75, 3.05) is 31.1 Å². The van der Waals surface area contributed by atoms with Gasteiger partial charge in [0, 0.05) is 47.9 Å². The highest BCUT2D eigenvalue weighted by Crippen LogP contribution is 2.36. The number of amides is 1. The summed E-state index contributed by atoms with van der Waals surface area (Å²) in [7, 11) is 0. The smallest absolute Gasteiger partial charge is 0.272 e. The highest BCUT2D eigenvalue weighted by atomic mass is 32.2. The highest BCUT2D eigenvalue weighted by molar-refractivity contribution is 7.99. The summed E-state index contributed by atoms with van der Waals surface area (Å²) in [6, 6.07) is 8.42. The molecule has 0 bridgehead atoms. The van der Waals surface area contributed by atoms with Crippen LogP contribution in [0.4, 0.5) is 0 Å². The van der Waals surface area contributed by atoms with Gasteiger partial charge in [0.2, 0.25) is 0 Å². The number of nitrogens with one attached hydrogen (secondary N) is 1. The van der Waals surface area contributed by atoms with E-state index in [1.165, 1.54) is 48.4 Å². The van der Waals surface area contributed by atoms with Gasteiger partial charge in [0.05, 0.1) is 5.69 Å². The summed E-state index contributed by atoms with van der Waals surface area (Å²) in [4.78, 5) is 15.9. The van der Waals surface area contributed by atoms with E-state index in [-0.39, 0.29) is 11.4 Å². The first-order valence-corrected chi connectivity index (χ1v) is 12.6. The first-order chi connectivity index (χ1) is 14.7. The van der Waals surface area contributed by atoms with E-state index >= 15 is 0 Å². The van der Waals surface area contributed by atoms with E-state index in [4.69, 9.17) is 5.10 Å². The van der Waals surface area contributed by atoms with E-state index in [9.17, 15) is 4.79 Å². The second-order valence-corrected chi connectivity index (χ2v) is 10.3. The van der Waals surface area contributed by atoms with E-state index in [2.05, 4.69) is 53.2 Å². The number of nitrogens with zero attached hydrogens (tertiary/aromatic N) is 3. The second kappa shape index (κ2) is 8.39. The Bertz CT molecular complexity index is 908. The molecule has 160 valence electrons. The van der Waals surface area contributed by atoms with Crippen LogP contribution in [0.25, 0.3) is 5.69 Å². The SMILES string of the molecule is Cc1ccc(-n2nc(C(=O)NCC3(N4CCSCC4)CCCC3)c3c2CCC3)cc1. The maximum Gasteiger partial charge on any atom is 0.272 e. The van der Waals surface area contributed by atoms with Gasteiger partial charge in [-0.25, -0.2) is 4.68 Å². The molecule has 5 rings (SSSR count). The van der Waals surface area contributed by atoms with Gasteiger partial charge in [-0.3, -0.25) is 9.69 Å². The lowest BCUT2D eigenvalue weighted by atomic mass is 9.94. The van der Waals surface area contributed by atoms with Crippen LogP contribution in [0.1, 0.15) is 59.4 Å². The van der Waals surface area contributed by atoms with E-state index in [1.807, 2.05) is 4.68 Å². The molecule has 30 heavy (non-hydrogen) atoms. The van der Waals surface area contributed by atoms with Crippen molar-refractivity contribution in [2.24, 2.45) is 0 Å². The van der Waals surface area contributed by atoms with Gasteiger partial charge in [0.25, 0.3) is 5.91 Å². The predicted octanol–water partition coefficient (Wildman–Crippen LogP) is 3.76. The summed E-state index contributed by atoms with van der Waals surface area (Å²) in [6.45, 7) is 5.15. The van der Waals surface area contributed by atoms with Gasteiger partial charge in [-0.2, -0.15) is 16.9 Å². The molecule has 2 aromatic rings. The lowest BCUT2D eigenvalue weighted by Gasteiger charge is -2.43. The summed E-state index contributed by atoms with van der Waals surface area (Å²) in [6.07, 6.45) is 8.02. The lowest BCUT2D eigenvalue weighted by molar-refractivity contribution is 0.0812. The zero-order valence-corrected chi connectivity index (χ0v) is 18.8. The average molecular weight is 425 g/mol. The number of carbonyl (C=O) groups excluding carboxylic acids is 1. The van der Waals surface area contributed by atoms with Crippen molar-refractivity contribution in [1.29, 1.82) is 0 Å². The van der Waals surface area contributed by atoms with Crippen LogP contribution < -0.4 is 5.32 Å². The molecule has 0 spiro atoms. The van der Waals surface area contributed by atoms with E-state index < -0.39 is 0 Å². The van der Waals surface area contributed by atoms with Gasteiger partial charge in [-0.1, -0.05) is 30.5 Å². The van der Waals surface area contributed by atoms with Crippen LogP contribution in [-0.2, 0) is 12.8 Å². The third-order valence-corrected chi connectivity index (χ3v) is 8.16. The Balaban J connectivity index is 1.36. The fourth-order valence-electron chi connectivity index (χ4n) is 5.52. The van der Waals surface area contributed by atoms with Gasteiger partial charge in [0.15, 0.2) is 5.69 Å². The molecule has 2 heterocycles. The molecule has 2 fully saturated rings. The summed E-state index contributed by atoms with van der Waals surface area (Å²) in [5.74, 6) is 2.44. The monoisotopic (exact) mass is 424 g/mol. The Kier molecular flexibility index (Phi) is 5.63. The fourth-order valence-corrected chi connectivity index (χ4v) is 6.43. The van der Waals surface area contributed by atoms with Gasteiger partial charge in [-0.05, 0) is 51.2 Å². The third-order valence-electron chi connectivity index (χ3n) is 7.22. The number of carbonyl (C=O) groups is 1. The van der Waals surface area contributed by atoms with Crippen LogP contribution in [0.15, 0.2) is 24.3 Å². The van der Waals surface area contributed by atoms with Crippen molar-refractivity contribution in [2.45, 2.75) is 57.4 Å². The molecule has 0 radical (unpaired) electrons. The molecular formula is C24H32N4OS. The average Bonchev–Trinajstić information content (AvgIpc) is 3.51. The summed E-state index contributed by atoms with van der Waals surface area (Å²) in [5, 5.41) is 8.12. The largest absolute Gasteiger partial charge is 0.349 e. The molecule has 6 heteroatoms. The van der Waals surface area contributed by atoms with Gasteiger partial charge >= 0.3 is 0 Å². The fraction of sp³-hybridized carbons (Fsp3) is 0.583. The summed E-state index contributed by atoms with van der Waals surface area (Å²) in [5.41, 5.74) is 5.45. The molecule has 1 saturated carbocycles. The topological polar surface area (TPSA) is 50.2 Å². The summed E-state index contributed by atoms with van der Waals surface area (Å²) >= 11 is 2.05. The molecule has 1 N–H and O–H groups in total. The number of aryl methyl sites for hydroxylation is 1. The minimum absolute atomic E-state index is 0.0108. The highest BCUT2D eigenvalue weighted by Gasteiger charge is 2.40.